The molecule has 1 aliphatic rings. The van der Waals surface area contributed by atoms with Crippen molar-refractivity contribution in [2.75, 3.05) is 26.2 Å². The summed E-state index contributed by atoms with van der Waals surface area (Å²) in [5.41, 5.74) is 0. The third-order valence-electron chi connectivity index (χ3n) is 3.64. The number of aliphatic hydroxyl groups is 1. The molecule has 0 unspecified atom stereocenters. The van der Waals surface area contributed by atoms with Crippen molar-refractivity contribution in [3.05, 3.63) is 22.6 Å². The van der Waals surface area contributed by atoms with E-state index >= 15 is 0 Å². The predicted octanol–water partition coefficient (Wildman–Crippen LogP) is 1.86. The van der Waals surface area contributed by atoms with Gasteiger partial charge in [0.15, 0.2) is 10.4 Å². The summed E-state index contributed by atoms with van der Waals surface area (Å²) in [5, 5.41) is 12.7. The standard InChI is InChI=1S/C14H21BrN2O3/c1-10-4-6-17(7-5-10)9-11(18)8-16-14(19)12-2-3-13(15)20-12/h2-3,10-11,18H,4-9H2,1H3,(H,16,19)/t11-/m0/s1. The highest BCUT2D eigenvalue weighted by molar-refractivity contribution is 9.10. The highest BCUT2D eigenvalue weighted by Crippen LogP contribution is 2.16. The molecule has 1 atom stereocenters. The topological polar surface area (TPSA) is 65.7 Å². The number of nitrogens with one attached hydrogen (secondary N) is 1. The summed E-state index contributed by atoms with van der Waals surface area (Å²) in [6.45, 7) is 5.15. The van der Waals surface area contributed by atoms with E-state index in [4.69, 9.17) is 4.42 Å². The van der Waals surface area contributed by atoms with Crippen LogP contribution < -0.4 is 5.32 Å². The summed E-state index contributed by atoms with van der Waals surface area (Å²) in [6.07, 6.45) is 1.81. The molecule has 0 bridgehead atoms. The fourth-order valence-corrected chi connectivity index (χ4v) is 2.65. The third kappa shape index (κ3) is 4.61. The van der Waals surface area contributed by atoms with Gasteiger partial charge in [-0.25, -0.2) is 0 Å². The zero-order chi connectivity index (χ0) is 14.5. The highest BCUT2D eigenvalue weighted by atomic mass is 79.9. The second kappa shape index (κ2) is 7.24. The Bertz CT molecular complexity index is 441. The number of amides is 1. The van der Waals surface area contributed by atoms with E-state index in [1.165, 1.54) is 12.8 Å². The molecule has 0 aliphatic carbocycles. The molecule has 0 aromatic carbocycles. The molecule has 0 spiro atoms. The lowest BCUT2D eigenvalue weighted by molar-refractivity contribution is 0.0779. The minimum absolute atomic E-state index is 0.239. The van der Waals surface area contributed by atoms with Gasteiger partial charge in [-0.05, 0) is 59.9 Å². The zero-order valence-electron chi connectivity index (χ0n) is 11.6. The van der Waals surface area contributed by atoms with Crippen LogP contribution in [0.1, 0.15) is 30.3 Å². The number of carbonyl (C=O) groups is 1. The number of likely N-dealkylation sites (tertiary alicyclic amines) is 1. The Morgan fingerprint density at radius 1 is 1.55 bits per heavy atom. The lowest BCUT2D eigenvalue weighted by Gasteiger charge is -2.31. The fraction of sp³-hybridized carbons (Fsp3) is 0.643. The first-order valence-corrected chi connectivity index (χ1v) is 7.78. The van der Waals surface area contributed by atoms with Gasteiger partial charge in [-0.1, -0.05) is 6.92 Å². The molecular weight excluding hydrogens is 324 g/mol. The van der Waals surface area contributed by atoms with Crippen molar-refractivity contribution in [1.29, 1.82) is 0 Å². The Morgan fingerprint density at radius 3 is 2.85 bits per heavy atom. The van der Waals surface area contributed by atoms with E-state index in [0.29, 0.717) is 11.2 Å². The maximum absolute atomic E-state index is 11.7. The average molecular weight is 345 g/mol. The summed E-state index contributed by atoms with van der Waals surface area (Å²) in [7, 11) is 0. The lowest BCUT2D eigenvalue weighted by Crippen LogP contribution is -2.43. The van der Waals surface area contributed by atoms with Gasteiger partial charge in [0, 0.05) is 13.1 Å². The number of hydrogen-bond acceptors (Lipinski definition) is 4. The summed E-state index contributed by atoms with van der Waals surface area (Å²) in [4.78, 5) is 14.0. The van der Waals surface area contributed by atoms with Gasteiger partial charge in [0.1, 0.15) is 0 Å². The van der Waals surface area contributed by atoms with Crippen LogP contribution in [0.25, 0.3) is 0 Å². The molecule has 20 heavy (non-hydrogen) atoms. The van der Waals surface area contributed by atoms with E-state index in [2.05, 4.69) is 33.1 Å². The van der Waals surface area contributed by atoms with E-state index in [9.17, 15) is 9.90 Å². The van der Waals surface area contributed by atoms with Crippen LogP contribution in [0.5, 0.6) is 0 Å². The molecule has 1 aromatic rings. The Kier molecular flexibility index (Phi) is 5.63. The highest BCUT2D eigenvalue weighted by Gasteiger charge is 2.19. The first-order chi connectivity index (χ1) is 9.54. The van der Waals surface area contributed by atoms with Gasteiger partial charge in [-0.15, -0.1) is 0 Å². The van der Waals surface area contributed by atoms with Crippen LogP contribution in [0.2, 0.25) is 0 Å². The molecule has 1 aliphatic heterocycles. The first-order valence-electron chi connectivity index (χ1n) is 6.98. The molecule has 2 rings (SSSR count). The molecule has 2 heterocycles. The molecule has 1 aromatic heterocycles. The molecular formula is C14H21BrN2O3. The fourth-order valence-electron chi connectivity index (χ4n) is 2.34. The Labute approximate surface area is 127 Å². The van der Waals surface area contributed by atoms with Crippen LogP contribution in [0.4, 0.5) is 0 Å². The number of piperidine rings is 1. The van der Waals surface area contributed by atoms with E-state index in [-0.39, 0.29) is 18.2 Å². The number of nitrogens with zero attached hydrogens (tertiary/aromatic N) is 1. The number of β-amino-alcohol motifs (C(OH)–C–C–N with tert-alkyl or cyclic N) is 1. The molecule has 6 heteroatoms. The molecule has 1 amide bonds. The van der Waals surface area contributed by atoms with Crippen LogP contribution in [-0.4, -0.2) is 48.2 Å². The minimum atomic E-state index is -0.550. The van der Waals surface area contributed by atoms with Gasteiger partial charge in [0.2, 0.25) is 0 Å². The van der Waals surface area contributed by atoms with Crippen molar-refractivity contribution in [3.8, 4) is 0 Å². The smallest absolute Gasteiger partial charge is 0.287 e. The summed E-state index contributed by atoms with van der Waals surface area (Å²) in [5.74, 6) is 0.721. The lowest BCUT2D eigenvalue weighted by atomic mass is 9.99. The van der Waals surface area contributed by atoms with Crippen LogP contribution in [0.3, 0.4) is 0 Å². The maximum Gasteiger partial charge on any atom is 0.287 e. The van der Waals surface area contributed by atoms with Crippen molar-refractivity contribution in [2.45, 2.75) is 25.9 Å². The molecule has 112 valence electrons. The minimum Gasteiger partial charge on any atom is -0.444 e. The Morgan fingerprint density at radius 2 is 2.25 bits per heavy atom. The summed E-state index contributed by atoms with van der Waals surface area (Å²) >= 11 is 3.15. The molecule has 0 saturated carbocycles. The molecule has 5 nitrogen and oxygen atoms in total. The van der Waals surface area contributed by atoms with E-state index in [1.807, 2.05) is 0 Å². The SMILES string of the molecule is CC1CCN(C[C@@H](O)CNC(=O)c2ccc(Br)o2)CC1. The number of aliphatic hydroxyl groups excluding tert-OH is 1. The van der Waals surface area contributed by atoms with Crippen molar-refractivity contribution in [3.63, 3.8) is 0 Å². The zero-order valence-corrected chi connectivity index (χ0v) is 13.2. The summed E-state index contributed by atoms with van der Waals surface area (Å²) in [6, 6.07) is 3.26. The molecule has 2 N–H and O–H groups in total. The number of halogens is 1. The molecule has 1 saturated heterocycles. The van der Waals surface area contributed by atoms with Gasteiger partial charge >= 0.3 is 0 Å². The van der Waals surface area contributed by atoms with Crippen molar-refractivity contribution < 1.29 is 14.3 Å². The van der Waals surface area contributed by atoms with Crippen LogP contribution in [-0.2, 0) is 0 Å². The van der Waals surface area contributed by atoms with Crippen molar-refractivity contribution in [2.24, 2.45) is 5.92 Å². The first kappa shape index (κ1) is 15.5. The number of carbonyl (C=O) groups excluding carboxylic acids is 1. The average Bonchev–Trinajstić information content (AvgIpc) is 2.85. The number of furan rings is 1. The summed E-state index contributed by atoms with van der Waals surface area (Å²) < 4.78 is 5.67. The normalized spacial score (nSPS) is 18.9. The van der Waals surface area contributed by atoms with Gasteiger partial charge < -0.3 is 19.7 Å². The number of hydrogen-bond donors (Lipinski definition) is 2. The molecule has 0 radical (unpaired) electrons. The Balaban J connectivity index is 1.69. The second-order valence-corrected chi connectivity index (χ2v) is 6.23. The van der Waals surface area contributed by atoms with Crippen LogP contribution >= 0.6 is 15.9 Å². The van der Waals surface area contributed by atoms with Crippen LogP contribution in [0.15, 0.2) is 21.2 Å². The predicted molar refractivity (Wildman–Crippen MR) is 79.6 cm³/mol. The van der Waals surface area contributed by atoms with E-state index in [1.54, 1.807) is 12.1 Å². The van der Waals surface area contributed by atoms with Gasteiger partial charge in [0.25, 0.3) is 5.91 Å². The van der Waals surface area contributed by atoms with Crippen molar-refractivity contribution in [1.82, 2.24) is 10.2 Å². The second-order valence-electron chi connectivity index (χ2n) is 5.45. The van der Waals surface area contributed by atoms with Gasteiger partial charge in [-0.2, -0.15) is 0 Å². The van der Waals surface area contributed by atoms with Crippen molar-refractivity contribution >= 4 is 21.8 Å². The largest absolute Gasteiger partial charge is 0.444 e. The van der Waals surface area contributed by atoms with Gasteiger partial charge in [-0.3, -0.25) is 4.79 Å². The number of rotatable bonds is 5. The maximum atomic E-state index is 11.7. The van der Waals surface area contributed by atoms with E-state index < -0.39 is 6.10 Å². The monoisotopic (exact) mass is 344 g/mol. The quantitative estimate of drug-likeness (QED) is 0.855. The Hall–Kier alpha value is -0.850. The molecule has 1 fully saturated rings. The van der Waals surface area contributed by atoms with Crippen LogP contribution in [0, 0.1) is 5.92 Å². The van der Waals surface area contributed by atoms with Gasteiger partial charge in [0.05, 0.1) is 6.10 Å². The van der Waals surface area contributed by atoms with E-state index in [0.717, 1.165) is 19.0 Å². The third-order valence-corrected chi connectivity index (χ3v) is 4.07.